The smallest absolute Gasteiger partial charge is 0.248 e. The number of halogens is 1. The van der Waals surface area contributed by atoms with Crippen LogP contribution in [0.3, 0.4) is 0 Å². The Morgan fingerprint density at radius 1 is 1.35 bits per heavy atom. The second-order valence-corrected chi connectivity index (χ2v) is 4.98. The lowest BCUT2D eigenvalue weighted by Crippen LogP contribution is -2.45. The fourth-order valence-corrected chi connectivity index (χ4v) is 2.54. The zero-order valence-corrected chi connectivity index (χ0v) is 11.4. The third kappa shape index (κ3) is 4.82. The van der Waals surface area contributed by atoms with Crippen molar-refractivity contribution in [3.63, 3.8) is 0 Å². The number of carbonyl (C=O) groups excluding carboxylic acids is 1. The van der Waals surface area contributed by atoms with Crippen molar-refractivity contribution in [1.82, 2.24) is 4.90 Å². The summed E-state index contributed by atoms with van der Waals surface area (Å²) in [7, 11) is 3.42. The molecule has 100 valence electrons. The molecule has 0 radical (unpaired) electrons. The maximum Gasteiger partial charge on any atom is 0.248 e. The van der Waals surface area contributed by atoms with E-state index in [1.54, 1.807) is 12.0 Å². The molecule has 0 aliphatic heterocycles. The van der Waals surface area contributed by atoms with Gasteiger partial charge in [0.15, 0.2) is 0 Å². The van der Waals surface area contributed by atoms with Gasteiger partial charge in [0.05, 0.1) is 18.6 Å². The predicted molar refractivity (Wildman–Crippen MR) is 67.4 cm³/mol. The highest BCUT2D eigenvalue weighted by Gasteiger charge is 2.29. The summed E-state index contributed by atoms with van der Waals surface area (Å²) in [5.41, 5.74) is 0. The summed E-state index contributed by atoms with van der Waals surface area (Å²) in [4.78, 5) is 13.6. The predicted octanol–water partition coefficient (Wildman–Crippen LogP) is 1.66. The number of alkyl halides is 1. The van der Waals surface area contributed by atoms with Crippen LogP contribution in [-0.2, 0) is 14.3 Å². The molecule has 1 amide bonds. The lowest BCUT2D eigenvalue weighted by atomic mass is 9.94. The third-order valence-electron chi connectivity index (χ3n) is 3.20. The Balaban J connectivity index is 2.29. The second-order valence-electron chi connectivity index (χ2n) is 4.42. The Morgan fingerprint density at radius 3 is 2.71 bits per heavy atom. The molecule has 0 spiro atoms. The number of ether oxygens (including phenoxy) is 2. The van der Waals surface area contributed by atoms with Crippen molar-refractivity contribution in [2.24, 2.45) is 0 Å². The minimum Gasteiger partial charge on any atom is -0.382 e. The summed E-state index contributed by atoms with van der Waals surface area (Å²) in [6, 6.07) is 0.156. The normalized spacial score (nSPS) is 24.6. The molecule has 0 heterocycles. The van der Waals surface area contributed by atoms with Crippen LogP contribution in [0.5, 0.6) is 0 Å². The Kier molecular flexibility index (Phi) is 6.85. The average Bonchev–Trinajstić information content (AvgIpc) is 2.34. The van der Waals surface area contributed by atoms with E-state index in [1.165, 1.54) is 0 Å². The quantitative estimate of drug-likeness (QED) is 0.540. The van der Waals surface area contributed by atoms with Crippen molar-refractivity contribution in [2.45, 2.75) is 37.1 Å². The van der Waals surface area contributed by atoms with Gasteiger partial charge in [0.25, 0.3) is 0 Å². The molecule has 2 unspecified atom stereocenters. The number of hydrogen-bond acceptors (Lipinski definition) is 3. The van der Waals surface area contributed by atoms with Gasteiger partial charge in [-0.3, -0.25) is 4.79 Å². The monoisotopic (exact) mass is 263 g/mol. The first-order valence-electron chi connectivity index (χ1n) is 6.13. The van der Waals surface area contributed by atoms with Gasteiger partial charge in [-0.2, -0.15) is 0 Å². The number of rotatable bonds is 6. The number of amides is 1. The molecule has 17 heavy (non-hydrogen) atoms. The van der Waals surface area contributed by atoms with E-state index in [0.717, 1.165) is 25.7 Å². The van der Waals surface area contributed by atoms with Gasteiger partial charge in [0.1, 0.15) is 6.61 Å². The van der Waals surface area contributed by atoms with Crippen molar-refractivity contribution in [3.8, 4) is 0 Å². The molecule has 1 rings (SSSR count). The molecule has 0 aromatic carbocycles. The molecule has 4 nitrogen and oxygen atoms in total. The van der Waals surface area contributed by atoms with Crippen LogP contribution >= 0.6 is 11.6 Å². The van der Waals surface area contributed by atoms with Crippen molar-refractivity contribution >= 4 is 17.5 Å². The SMILES string of the molecule is COCCOCC(=O)N(C)C1CCCCC1Cl. The summed E-state index contributed by atoms with van der Waals surface area (Å²) in [5, 5.41) is 0.0803. The molecule has 2 atom stereocenters. The van der Waals surface area contributed by atoms with Crippen LogP contribution in [0.15, 0.2) is 0 Å². The van der Waals surface area contributed by atoms with Crippen LogP contribution in [0.25, 0.3) is 0 Å². The Morgan fingerprint density at radius 2 is 2.06 bits per heavy atom. The Hall–Kier alpha value is -0.320. The minimum atomic E-state index is -0.00125. The van der Waals surface area contributed by atoms with Gasteiger partial charge in [0, 0.05) is 20.2 Å². The topological polar surface area (TPSA) is 38.8 Å². The standard InChI is InChI=1S/C12H22ClNO3/c1-14(11-6-4-3-5-10(11)13)12(15)9-17-8-7-16-2/h10-11H,3-9H2,1-2H3. The molecular weight excluding hydrogens is 242 g/mol. The molecule has 1 aliphatic rings. The Bertz CT molecular complexity index is 238. The first kappa shape index (κ1) is 14.7. The summed E-state index contributed by atoms with van der Waals surface area (Å²) in [6.07, 6.45) is 4.30. The van der Waals surface area contributed by atoms with Gasteiger partial charge >= 0.3 is 0 Å². The van der Waals surface area contributed by atoms with E-state index in [4.69, 9.17) is 21.1 Å². The zero-order valence-electron chi connectivity index (χ0n) is 10.7. The van der Waals surface area contributed by atoms with E-state index in [2.05, 4.69) is 0 Å². The zero-order chi connectivity index (χ0) is 12.7. The highest BCUT2D eigenvalue weighted by Crippen LogP contribution is 2.26. The first-order valence-corrected chi connectivity index (χ1v) is 6.57. The summed E-state index contributed by atoms with van der Waals surface area (Å²) in [6.45, 7) is 1.07. The second kappa shape index (κ2) is 7.90. The molecule has 0 aromatic rings. The number of hydrogen-bond donors (Lipinski definition) is 0. The van der Waals surface area contributed by atoms with Crippen molar-refractivity contribution in [2.75, 3.05) is 34.0 Å². The van der Waals surface area contributed by atoms with Gasteiger partial charge in [-0.05, 0) is 12.8 Å². The third-order valence-corrected chi connectivity index (χ3v) is 3.70. The maximum atomic E-state index is 11.9. The van der Waals surface area contributed by atoms with Crippen LogP contribution in [0, 0.1) is 0 Å². The van der Waals surface area contributed by atoms with Gasteiger partial charge < -0.3 is 14.4 Å². The minimum absolute atomic E-state index is 0.00125. The molecule has 1 fully saturated rings. The van der Waals surface area contributed by atoms with Gasteiger partial charge in [-0.1, -0.05) is 12.8 Å². The summed E-state index contributed by atoms with van der Waals surface area (Å²) < 4.78 is 10.1. The van der Waals surface area contributed by atoms with Crippen LogP contribution < -0.4 is 0 Å². The number of carbonyl (C=O) groups is 1. The molecule has 1 aliphatic carbocycles. The summed E-state index contributed by atoms with van der Waals surface area (Å²) >= 11 is 6.25. The Labute approximate surface area is 108 Å². The van der Waals surface area contributed by atoms with Gasteiger partial charge in [-0.15, -0.1) is 11.6 Å². The fourth-order valence-electron chi connectivity index (χ4n) is 2.09. The van der Waals surface area contributed by atoms with Gasteiger partial charge in [0.2, 0.25) is 5.91 Å². The maximum absolute atomic E-state index is 11.9. The van der Waals surface area contributed by atoms with Gasteiger partial charge in [-0.25, -0.2) is 0 Å². The van der Waals surface area contributed by atoms with E-state index in [1.807, 2.05) is 7.05 Å². The molecule has 5 heteroatoms. The van der Waals surface area contributed by atoms with E-state index in [0.29, 0.717) is 13.2 Å². The molecule has 0 aromatic heterocycles. The summed E-state index contributed by atoms with van der Waals surface area (Å²) in [5.74, 6) is -0.00125. The van der Waals surface area contributed by atoms with E-state index in [9.17, 15) is 4.79 Å². The number of methoxy groups -OCH3 is 1. The number of likely N-dealkylation sites (N-methyl/N-ethyl adjacent to an activating group) is 1. The largest absolute Gasteiger partial charge is 0.382 e. The van der Waals surface area contributed by atoms with Crippen LogP contribution in [0.4, 0.5) is 0 Å². The fraction of sp³-hybridized carbons (Fsp3) is 0.917. The van der Waals surface area contributed by atoms with Crippen LogP contribution in [0.1, 0.15) is 25.7 Å². The molecule has 0 bridgehead atoms. The van der Waals surface area contributed by atoms with E-state index >= 15 is 0 Å². The van der Waals surface area contributed by atoms with E-state index < -0.39 is 0 Å². The van der Waals surface area contributed by atoms with Crippen molar-refractivity contribution in [3.05, 3.63) is 0 Å². The van der Waals surface area contributed by atoms with E-state index in [-0.39, 0.29) is 23.9 Å². The lowest BCUT2D eigenvalue weighted by Gasteiger charge is -2.34. The van der Waals surface area contributed by atoms with Crippen molar-refractivity contribution in [1.29, 1.82) is 0 Å². The highest BCUT2D eigenvalue weighted by molar-refractivity contribution is 6.21. The molecule has 0 saturated heterocycles. The lowest BCUT2D eigenvalue weighted by molar-refractivity contribution is -0.137. The molecule has 0 N–H and O–H groups in total. The van der Waals surface area contributed by atoms with Crippen LogP contribution in [0.2, 0.25) is 0 Å². The average molecular weight is 264 g/mol. The van der Waals surface area contributed by atoms with Crippen molar-refractivity contribution < 1.29 is 14.3 Å². The van der Waals surface area contributed by atoms with Crippen LogP contribution in [-0.4, -0.2) is 56.2 Å². The number of nitrogens with zero attached hydrogens (tertiary/aromatic N) is 1. The highest BCUT2D eigenvalue weighted by atomic mass is 35.5. The first-order chi connectivity index (χ1) is 8.16. The molecule has 1 saturated carbocycles. The molecular formula is C12H22ClNO3.